The average Bonchev–Trinajstić information content (AvgIpc) is 3.29. The largest absolute Gasteiger partial charge is 0.456 e. The van der Waals surface area contributed by atoms with Gasteiger partial charge in [0.1, 0.15) is 11.2 Å². The summed E-state index contributed by atoms with van der Waals surface area (Å²) in [5, 5.41) is 1.27. The summed E-state index contributed by atoms with van der Waals surface area (Å²) in [5.41, 5.74) is 10.5. The van der Waals surface area contributed by atoms with Crippen LogP contribution in [0.2, 0.25) is 0 Å². The van der Waals surface area contributed by atoms with Crippen LogP contribution in [0.3, 0.4) is 0 Å². The van der Waals surface area contributed by atoms with E-state index < -0.39 is 0 Å². The summed E-state index contributed by atoms with van der Waals surface area (Å²) in [6, 6.07) is 37.6. The Kier molecular flexibility index (Phi) is 5.24. The van der Waals surface area contributed by atoms with E-state index in [-0.39, 0.29) is 10.8 Å². The third-order valence-corrected chi connectivity index (χ3v) is 7.81. The van der Waals surface area contributed by atoms with Crippen LogP contribution < -0.4 is 10.3 Å². The lowest BCUT2D eigenvalue weighted by Crippen LogP contribution is -2.11. The second-order valence-electron chi connectivity index (χ2n) is 11.4. The van der Waals surface area contributed by atoms with Crippen molar-refractivity contribution in [1.82, 2.24) is 0 Å². The van der Waals surface area contributed by atoms with Gasteiger partial charge >= 0.3 is 0 Å². The first-order valence-electron chi connectivity index (χ1n) is 13.4. The molecule has 3 nitrogen and oxygen atoms in total. The van der Waals surface area contributed by atoms with E-state index >= 15 is 0 Å². The van der Waals surface area contributed by atoms with Gasteiger partial charge in [-0.25, -0.2) is 0 Å². The number of nitrogens with zero attached hydrogens (tertiary/aromatic N) is 1. The zero-order chi connectivity index (χ0) is 26.7. The van der Waals surface area contributed by atoms with Crippen LogP contribution in [0, 0.1) is 0 Å². The summed E-state index contributed by atoms with van der Waals surface area (Å²) < 4.78 is 6.36. The molecule has 7 rings (SSSR count). The molecule has 0 saturated carbocycles. The van der Waals surface area contributed by atoms with E-state index in [4.69, 9.17) is 4.42 Å². The molecule has 0 atom stereocenters. The molecule has 0 saturated heterocycles. The Balaban J connectivity index is 1.35. The Labute approximate surface area is 228 Å². The highest BCUT2D eigenvalue weighted by Gasteiger charge is 2.24. The van der Waals surface area contributed by atoms with Crippen LogP contribution in [0.25, 0.3) is 33.1 Å². The van der Waals surface area contributed by atoms with Crippen molar-refractivity contribution in [2.45, 2.75) is 32.6 Å². The molecule has 0 unspecified atom stereocenters. The number of anilines is 3. The van der Waals surface area contributed by atoms with Crippen LogP contribution >= 0.6 is 0 Å². The smallest absolute Gasteiger partial charge is 0.200 e. The molecule has 39 heavy (non-hydrogen) atoms. The lowest BCUT2D eigenvalue weighted by atomic mass is 9.86. The fourth-order valence-corrected chi connectivity index (χ4v) is 5.74. The molecule has 1 aliphatic carbocycles. The minimum absolute atomic E-state index is 0.0214. The lowest BCUT2D eigenvalue weighted by molar-refractivity contribution is 0.587. The first kappa shape index (κ1) is 23.5. The van der Waals surface area contributed by atoms with Crippen LogP contribution in [0.15, 0.2) is 118 Å². The molecule has 3 heteroatoms. The first-order valence-corrected chi connectivity index (χ1v) is 13.4. The normalized spacial score (nSPS) is 12.5. The van der Waals surface area contributed by atoms with E-state index in [9.17, 15) is 4.79 Å². The molecule has 0 bridgehead atoms. The Hall–Kier alpha value is -4.63. The lowest BCUT2D eigenvalue weighted by Gasteiger charge is -2.26. The van der Waals surface area contributed by atoms with Gasteiger partial charge in [0.2, 0.25) is 5.43 Å². The third-order valence-electron chi connectivity index (χ3n) is 7.81. The monoisotopic (exact) mass is 507 g/mol. The SMILES string of the molecule is CC(C)(C)c1ccc2c(=O)c3cc4c(cc3oc2c1)Cc1cc(N(c2ccccc2)c2ccccc2)ccc1-4. The molecule has 1 aliphatic rings. The predicted molar refractivity (Wildman–Crippen MR) is 162 cm³/mol. The fraction of sp³-hybridized carbons (Fsp3) is 0.139. The van der Waals surface area contributed by atoms with Crippen LogP contribution in [-0.2, 0) is 11.8 Å². The molecule has 1 aromatic heterocycles. The Morgan fingerprint density at radius 3 is 1.92 bits per heavy atom. The first-order chi connectivity index (χ1) is 18.9. The standard InChI is InChI=1S/C36H29NO2/c1-36(2,3)25-14-16-30-34(21-25)39-33-20-24-18-23-19-28(15-17-29(23)31(24)22-32(33)35(30)38)37(26-10-6-4-7-11-26)27-12-8-5-9-13-27/h4-17,19-22H,18H2,1-3H3. The molecule has 0 aliphatic heterocycles. The maximum absolute atomic E-state index is 13.6. The minimum atomic E-state index is -0.0214. The Morgan fingerprint density at radius 1 is 0.615 bits per heavy atom. The van der Waals surface area contributed by atoms with Gasteiger partial charge in [0.25, 0.3) is 0 Å². The fourth-order valence-electron chi connectivity index (χ4n) is 5.74. The summed E-state index contributed by atoms with van der Waals surface area (Å²) in [7, 11) is 0. The van der Waals surface area contributed by atoms with Gasteiger partial charge in [0.05, 0.1) is 10.8 Å². The highest BCUT2D eigenvalue weighted by atomic mass is 16.3. The van der Waals surface area contributed by atoms with Gasteiger partial charge in [-0.1, -0.05) is 69.3 Å². The van der Waals surface area contributed by atoms with Crippen molar-refractivity contribution in [2.24, 2.45) is 0 Å². The van der Waals surface area contributed by atoms with E-state index in [1.807, 2.05) is 36.4 Å². The van der Waals surface area contributed by atoms with E-state index in [1.165, 1.54) is 16.7 Å². The number of hydrogen-bond donors (Lipinski definition) is 0. The molecule has 0 N–H and O–H groups in total. The highest BCUT2D eigenvalue weighted by Crippen LogP contribution is 2.43. The van der Waals surface area contributed by atoms with Crippen molar-refractivity contribution >= 4 is 39.0 Å². The molecule has 0 radical (unpaired) electrons. The molecule has 0 spiro atoms. The second kappa shape index (κ2) is 8.71. The summed E-state index contributed by atoms with van der Waals surface area (Å²) in [5.74, 6) is 0. The topological polar surface area (TPSA) is 33.5 Å². The molecular formula is C36H29NO2. The van der Waals surface area contributed by atoms with Gasteiger partial charge in [-0.05, 0) is 100 Å². The van der Waals surface area contributed by atoms with E-state index in [0.29, 0.717) is 21.9 Å². The Morgan fingerprint density at radius 2 is 1.26 bits per heavy atom. The number of hydrogen-bond acceptors (Lipinski definition) is 3. The Bertz CT molecular complexity index is 1890. The number of benzene rings is 5. The third kappa shape index (κ3) is 3.93. The maximum atomic E-state index is 13.6. The molecule has 0 fully saturated rings. The molecule has 190 valence electrons. The zero-order valence-corrected chi connectivity index (χ0v) is 22.4. The van der Waals surface area contributed by atoms with Crippen molar-refractivity contribution in [1.29, 1.82) is 0 Å². The van der Waals surface area contributed by atoms with E-state index in [1.54, 1.807) is 0 Å². The minimum Gasteiger partial charge on any atom is -0.456 e. The summed E-state index contributed by atoms with van der Waals surface area (Å²) >= 11 is 0. The number of para-hydroxylation sites is 2. The molecule has 6 aromatic rings. The highest BCUT2D eigenvalue weighted by molar-refractivity contribution is 5.95. The van der Waals surface area contributed by atoms with Crippen molar-refractivity contribution in [3.8, 4) is 11.1 Å². The number of rotatable bonds is 3. The molecule has 1 heterocycles. The van der Waals surface area contributed by atoms with Crippen molar-refractivity contribution in [2.75, 3.05) is 4.90 Å². The van der Waals surface area contributed by atoms with E-state index in [2.05, 4.69) is 98.5 Å². The summed E-state index contributed by atoms with van der Waals surface area (Å²) in [6.07, 6.45) is 0.801. The van der Waals surface area contributed by atoms with Gasteiger partial charge in [0.15, 0.2) is 0 Å². The molecule has 0 amide bonds. The van der Waals surface area contributed by atoms with Gasteiger partial charge < -0.3 is 9.32 Å². The van der Waals surface area contributed by atoms with Gasteiger partial charge in [-0.2, -0.15) is 0 Å². The van der Waals surface area contributed by atoms with Crippen LogP contribution in [-0.4, -0.2) is 0 Å². The van der Waals surface area contributed by atoms with Crippen LogP contribution in [0.4, 0.5) is 17.1 Å². The molecular weight excluding hydrogens is 478 g/mol. The van der Waals surface area contributed by atoms with Crippen molar-refractivity contribution < 1.29 is 4.42 Å². The van der Waals surface area contributed by atoms with Crippen molar-refractivity contribution in [3.63, 3.8) is 0 Å². The quantitative estimate of drug-likeness (QED) is 0.223. The molecule has 5 aromatic carbocycles. The predicted octanol–water partition coefficient (Wildman–Crippen LogP) is 9.28. The van der Waals surface area contributed by atoms with Gasteiger partial charge in [0, 0.05) is 17.1 Å². The number of fused-ring (bicyclic) bond motifs is 5. The van der Waals surface area contributed by atoms with Crippen molar-refractivity contribution in [3.05, 3.63) is 136 Å². The van der Waals surface area contributed by atoms with Gasteiger partial charge in [-0.3, -0.25) is 4.79 Å². The van der Waals surface area contributed by atoms with Crippen LogP contribution in [0.5, 0.6) is 0 Å². The summed E-state index contributed by atoms with van der Waals surface area (Å²) in [6.45, 7) is 6.51. The van der Waals surface area contributed by atoms with Crippen LogP contribution in [0.1, 0.15) is 37.5 Å². The average molecular weight is 508 g/mol. The maximum Gasteiger partial charge on any atom is 0.200 e. The summed E-state index contributed by atoms with van der Waals surface area (Å²) in [4.78, 5) is 15.8. The zero-order valence-electron chi connectivity index (χ0n) is 22.4. The van der Waals surface area contributed by atoms with E-state index in [0.717, 1.165) is 34.6 Å². The second-order valence-corrected chi connectivity index (χ2v) is 11.4. The van der Waals surface area contributed by atoms with Gasteiger partial charge in [-0.15, -0.1) is 0 Å².